The average Bonchev–Trinajstić information content (AvgIpc) is 3.30. The zero-order valence-corrected chi connectivity index (χ0v) is 17.3. The van der Waals surface area contributed by atoms with Gasteiger partial charge in [0.15, 0.2) is 6.04 Å². The number of halogens is 1. The van der Waals surface area contributed by atoms with E-state index in [9.17, 15) is 19.1 Å². The summed E-state index contributed by atoms with van der Waals surface area (Å²) in [4.78, 5) is 30.5. The Morgan fingerprint density at radius 1 is 1.30 bits per heavy atom. The molecule has 0 spiro atoms. The first-order valence-electron chi connectivity index (χ1n) is 10.8. The van der Waals surface area contributed by atoms with Gasteiger partial charge in [-0.2, -0.15) is 0 Å². The molecule has 1 saturated carbocycles. The first kappa shape index (κ1) is 20.8. The first-order chi connectivity index (χ1) is 14.5. The number of nitrogens with one attached hydrogen (secondary N) is 1. The number of fused-ring (bicyclic) bond motifs is 1. The highest BCUT2D eigenvalue weighted by Gasteiger charge is 2.41. The van der Waals surface area contributed by atoms with E-state index in [2.05, 4.69) is 9.89 Å². The van der Waals surface area contributed by atoms with Crippen LogP contribution in [-0.4, -0.2) is 70.6 Å². The van der Waals surface area contributed by atoms with Crippen LogP contribution in [0.1, 0.15) is 54.9 Å². The van der Waals surface area contributed by atoms with Gasteiger partial charge in [0.1, 0.15) is 18.5 Å². The number of carbonyl (C=O) groups excluding carboxylic acids is 2. The second kappa shape index (κ2) is 8.71. The Kier molecular flexibility index (Phi) is 6.04. The number of hydrogen-bond donors (Lipinski definition) is 2. The van der Waals surface area contributed by atoms with Crippen molar-refractivity contribution in [3.63, 3.8) is 0 Å². The summed E-state index contributed by atoms with van der Waals surface area (Å²) in [6, 6.07) is 5.17. The molecule has 3 unspecified atom stereocenters. The number of aliphatic hydroxyl groups excluding tert-OH is 1. The van der Waals surface area contributed by atoms with Crippen LogP contribution in [0.15, 0.2) is 18.2 Å². The summed E-state index contributed by atoms with van der Waals surface area (Å²) in [5.74, 6) is 0.165. The van der Waals surface area contributed by atoms with E-state index in [1.165, 1.54) is 0 Å². The second-order valence-corrected chi connectivity index (χ2v) is 8.21. The molecule has 3 atom stereocenters. The highest BCUT2D eigenvalue weighted by molar-refractivity contribution is 6.01. The summed E-state index contributed by atoms with van der Waals surface area (Å²) < 4.78 is 19.2. The van der Waals surface area contributed by atoms with Gasteiger partial charge in [-0.05, 0) is 56.0 Å². The van der Waals surface area contributed by atoms with Gasteiger partial charge in [-0.1, -0.05) is 6.92 Å². The lowest BCUT2D eigenvalue weighted by atomic mass is 10.1. The maximum Gasteiger partial charge on any atom is 0.388 e. The Bertz CT molecular complexity index is 859. The van der Waals surface area contributed by atoms with E-state index < -0.39 is 6.04 Å². The lowest BCUT2D eigenvalue weighted by Gasteiger charge is -2.31. The first-order valence-corrected chi connectivity index (χ1v) is 10.8. The fourth-order valence-electron chi connectivity index (χ4n) is 4.94. The summed E-state index contributed by atoms with van der Waals surface area (Å²) in [6.45, 7) is 3.26. The van der Waals surface area contributed by atoms with Crippen LogP contribution in [0.5, 0.6) is 5.75 Å². The van der Waals surface area contributed by atoms with Gasteiger partial charge < -0.3 is 14.7 Å². The smallest absolute Gasteiger partial charge is 0.388 e. The molecule has 2 aliphatic heterocycles. The van der Waals surface area contributed by atoms with Crippen molar-refractivity contribution < 1.29 is 28.8 Å². The van der Waals surface area contributed by atoms with Crippen molar-refractivity contribution in [2.45, 2.75) is 63.8 Å². The predicted molar refractivity (Wildman–Crippen MR) is 108 cm³/mol. The topological polar surface area (TPSA) is 84.1 Å². The minimum absolute atomic E-state index is 0.00805. The molecule has 0 radical (unpaired) electrons. The molecule has 0 bridgehead atoms. The Labute approximate surface area is 175 Å². The van der Waals surface area contributed by atoms with E-state index in [1.54, 1.807) is 11.0 Å². The Morgan fingerprint density at radius 2 is 2.13 bits per heavy atom. The van der Waals surface area contributed by atoms with Crippen LogP contribution in [-0.2, 0) is 11.3 Å². The minimum atomic E-state index is -0.509. The number of rotatable bonds is 7. The Hall–Kier alpha value is -2.48. The molecule has 0 saturated heterocycles. The van der Waals surface area contributed by atoms with Gasteiger partial charge in [0.2, 0.25) is 0 Å². The zero-order chi connectivity index (χ0) is 21.3. The molecule has 7 nitrogen and oxygen atoms in total. The molecule has 4 rings (SSSR count). The van der Waals surface area contributed by atoms with E-state index in [0.717, 1.165) is 31.4 Å². The molecule has 1 aromatic carbocycles. The highest BCUT2D eigenvalue weighted by atomic mass is 19.1. The quantitative estimate of drug-likeness (QED) is 0.689. The fraction of sp³-hybridized carbons (Fsp3) is 0.591. The maximum absolute atomic E-state index is 12.9. The van der Waals surface area contributed by atoms with Gasteiger partial charge in [0.05, 0.1) is 6.42 Å². The van der Waals surface area contributed by atoms with Crippen LogP contribution < -0.4 is 9.73 Å². The standard InChI is InChI=1S/C22H28FN3O4/c1-2-25(11-10-23)17-4-3-5-19(17)30-15-6-7-16-14(12-15)13-26(22(16)29)18-8-9-20(27)24-21(18)28/h6-7,12,17-19H,2-5,8-11,13H2,1H3,(H,24,27,28)/p+1. The number of alkyl halides is 1. The molecule has 2 amide bonds. The van der Waals surface area contributed by atoms with Gasteiger partial charge in [0, 0.05) is 24.7 Å². The summed E-state index contributed by atoms with van der Waals surface area (Å²) in [7, 11) is 0. The number of benzene rings is 1. The van der Waals surface area contributed by atoms with Crippen LogP contribution in [0, 0.1) is 0 Å². The normalized spacial score (nSPS) is 26.3. The second-order valence-electron chi connectivity index (χ2n) is 8.21. The molecule has 0 aromatic heterocycles. The van der Waals surface area contributed by atoms with E-state index >= 15 is 0 Å². The number of aliphatic hydroxyl groups is 1. The van der Waals surface area contributed by atoms with Crippen LogP contribution >= 0.6 is 0 Å². The maximum atomic E-state index is 12.9. The van der Waals surface area contributed by atoms with E-state index in [1.807, 2.05) is 19.1 Å². The summed E-state index contributed by atoms with van der Waals surface area (Å²) >= 11 is 0. The van der Waals surface area contributed by atoms with Gasteiger partial charge in [0.25, 0.3) is 5.91 Å². The number of nitrogens with zero attached hydrogens (tertiary/aromatic N) is 2. The van der Waals surface area contributed by atoms with Crippen LogP contribution in [0.2, 0.25) is 0 Å². The third-order valence-corrected chi connectivity index (χ3v) is 6.46. The monoisotopic (exact) mass is 418 g/mol. The van der Waals surface area contributed by atoms with Crippen LogP contribution in [0.4, 0.5) is 4.39 Å². The molecule has 30 heavy (non-hydrogen) atoms. The Balaban J connectivity index is 1.48. The highest BCUT2D eigenvalue weighted by Crippen LogP contribution is 2.33. The number of carbonyl (C=O) groups is 2. The van der Waals surface area contributed by atoms with E-state index in [0.29, 0.717) is 30.8 Å². The van der Waals surface area contributed by atoms with Crippen LogP contribution in [0.25, 0.3) is 0 Å². The molecule has 3 aliphatic rings. The summed E-state index contributed by atoms with van der Waals surface area (Å²) in [6.07, 6.45) is 3.68. The third-order valence-electron chi connectivity index (χ3n) is 6.46. The SMILES string of the molecule is CCN(CCF)C1CCCC1Oc1ccc2c(c1)CN(C1CCC(=O)[NH+]=C1O)C2=O. The van der Waals surface area contributed by atoms with E-state index in [-0.39, 0.29) is 43.0 Å². The molecule has 1 fully saturated rings. The number of likely N-dealkylation sites (N-methyl/N-ethyl adjacent to an activating group) is 1. The average molecular weight is 418 g/mol. The lowest BCUT2D eigenvalue weighted by Crippen LogP contribution is -2.82. The molecular weight excluding hydrogens is 389 g/mol. The van der Waals surface area contributed by atoms with Crippen molar-refractivity contribution in [3.8, 4) is 5.75 Å². The molecule has 162 valence electrons. The number of ether oxygens (including phenoxy) is 1. The summed E-state index contributed by atoms with van der Waals surface area (Å²) in [5.41, 5.74) is 1.45. The fourth-order valence-corrected chi connectivity index (χ4v) is 4.94. The van der Waals surface area contributed by atoms with Crippen molar-refractivity contribution in [3.05, 3.63) is 29.3 Å². The minimum Gasteiger partial charge on any atom is -0.489 e. The summed E-state index contributed by atoms with van der Waals surface area (Å²) in [5, 5.41) is 10.1. The van der Waals surface area contributed by atoms with Crippen molar-refractivity contribution in [2.75, 3.05) is 19.8 Å². The lowest BCUT2D eigenvalue weighted by molar-refractivity contribution is -0.394. The molecule has 1 aliphatic carbocycles. The molecule has 1 aromatic rings. The molecule has 2 N–H and O–H groups in total. The third kappa shape index (κ3) is 3.93. The van der Waals surface area contributed by atoms with Crippen LogP contribution in [0.3, 0.4) is 0 Å². The van der Waals surface area contributed by atoms with Gasteiger partial charge in [-0.15, -0.1) is 4.99 Å². The van der Waals surface area contributed by atoms with Gasteiger partial charge in [-0.25, -0.2) is 9.18 Å². The Morgan fingerprint density at radius 3 is 2.87 bits per heavy atom. The van der Waals surface area contributed by atoms with Gasteiger partial charge in [-0.3, -0.25) is 9.69 Å². The number of amides is 2. The van der Waals surface area contributed by atoms with Crippen molar-refractivity contribution in [1.82, 2.24) is 9.80 Å². The zero-order valence-electron chi connectivity index (χ0n) is 17.3. The van der Waals surface area contributed by atoms with Crippen molar-refractivity contribution in [2.24, 2.45) is 0 Å². The number of hydrogen-bond acceptors (Lipinski definition) is 4. The molecule has 2 heterocycles. The largest absolute Gasteiger partial charge is 0.489 e. The van der Waals surface area contributed by atoms with Gasteiger partial charge >= 0.3 is 11.8 Å². The van der Waals surface area contributed by atoms with E-state index in [4.69, 9.17) is 4.74 Å². The van der Waals surface area contributed by atoms with Crippen molar-refractivity contribution in [1.29, 1.82) is 0 Å². The molecule has 8 heteroatoms. The van der Waals surface area contributed by atoms with Crippen molar-refractivity contribution >= 4 is 17.7 Å². The predicted octanol–water partition coefficient (Wildman–Crippen LogP) is 0.960. The molecular formula is C22H29FN3O4+.